The first-order valence-electron chi connectivity index (χ1n) is 13.5. The average molecular weight is 556 g/mol. The van der Waals surface area contributed by atoms with E-state index in [-0.39, 0.29) is 35.9 Å². The summed E-state index contributed by atoms with van der Waals surface area (Å²) in [5.74, 6) is -0.970. The number of ether oxygens (including phenoxy) is 1. The van der Waals surface area contributed by atoms with Crippen LogP contribution in [0, 0.1) is 23.5 Å². The molecule has 3 aromatic heterocycles. The molecule has 0 amide bonds. The van der Waals surface area contributed by atoms with Gasteiger partial charge in [0.1, 0.15) is 5.82 Å². The number of halogens is 2. The zero-order valence-corrected chi connectivity index (χ0v) is 22.3. The maximum atomic E-state index is 13.9. The molecule has 1 saturated carbocycles. The number of pyridine rings is 1. The molecule has 11 heteroatoms. The second-order valence-electron chi connectivity index (χ2n) is 10.8. The Morgan fingerprint density at radius 1 is 1.03 bits per heavy atom. The van der Waals surface area contributed by atoms with Crippen LogP contribution in [0.1, 0.15) is 50.1 Å². The maximum absolute atomic E-state index is 13.9. The summed E-state index contributed by atoms with van der Waals surface area (Å²) in [7, 11) is -3.43. The van der Waals surface area contributed by atoms with Gasteiger partial charge in [0.2, 0.25) is 10.0 Å². The second kappa shape index (κ2) is 10.8. The summed E-state index contributed by atoms with van der Waals surface area (Å²) in [6.07, 6.45) is 10.3. The highest BCUT2D eigenvalue weighted by Gasteiger charge is 2.33. The molecule has 0 radical (unpaired) electrons. The molecule has 2 fully saturated rings. The van der Waals surface area contributed by atoms with Crippen LogP contribution >= 0.6 is 0 Å². The van der Waals surface area contributed by atoms with E-state index in [1.165, 1.54) is 6.07 Å². The number of H-pyrrole nitrogens is 1. The van der Waals surface area contributed by atoms with Crippen LogP contribution in [0.25, 0.3) is 21.8 Å². The maximum Gasteiger partial charge on any atom is 0.214 e. The summed E-state index contributed by atoms with van der Waals surface area (Å²) < 4.78 is 60.9. The van der Waals surface area contributed by atoms with Crippen molar-refractivity contribution in [1.82, 2.24) is 24.5 Å². The molecule has 0 bridgehead atoms. The van der Waals surface area contributed by atoms with Crippen LogP contribution in [0.4, 0.5) is 8.78 Å². The standard InChI is InChI=1S/C28H31F2N5O3S/c29-22-7-8-25(24(30)12-22)38-16-19-2-1-11-35(15-19)39(36,37)17-18-3-5-20(6-4-18)27-26-21(14-33-34-27)13-32-28-23(26)9-10-31-28/h7-10,12-14,18-20,34H,1-6,11,15-17H2. The van der Waals surface area contributed by atoms with E-state index in [0.717, 1.165) is 78.2 Å². The Morgan fingerprint density at radius 2 is 1.87 bits per heavy atom. The molecule has 206 valence electrons. The Bertz CT molecular complexity index is 1590. The second-order valence-corrected chi connectivity index (χ2v) is 12.8. The Labute approximate surface area is 225 Å². The number of nitrogens with zero attached hydrogens (tertiary/aromatic N) is 4. The molecule has 1 aromatic carbocycles. The first-order valence-corrected chi connectivity index (χ1v) is 15.1. The first-order chi connectivity index (χ1) is 18.9. The van der Waals surface area contributed by atoms with Gasteiger partial charge in [-0.1, -0.05) is 0 Å². The fourth-order valence-corrected chi connectivity index (χ4v) is 8.12. The lowest BCUT2D eigenvalue weighted by atomic mass is 9.80. The third-order valence-electron chi connectivity index (χ3n) is 8.17. The number of benzene rings is 1. The van der Waals surface area contributed by atoms with E-state index in [0.29, 0.717) is 13.1 Å². The summed E-state index contributed by atoms with van der Waals surface area (Å²) in [6, 6.07) is 5.18. The highest BCUT2D eigenvalue weighted by atomic mass is 32.2. The van der Waals surface area contributed by atoms with E-state index in [2.05, 4.69) is 20.2 Å². The average Bonchev–Trinajstić information content (AvgIpc) is 3.42. The molecule has 4 aromatic rings. The highest BCUT2D eigenvalue weighted by molar-refractivity contribution is 7.89. The predicted octanol–water partition coefficient (Wildman–Crippen LogP) is 5.18. The molecule has 6 rings (SSSR count). The number of fused-ring (bicyclic) bond motifs is 3. The number of sulfonamides is 1. The minimum Gasteiger partial charge on any atom is -0.490 e. The minimum atomic E-state index is -3.43. The third kappa shape index (κ3) is 5.47. The van der Waals surface area contributed by atoms with Gasteiger partial charge in [0, 0.05) is 65.2 Å². The number of nitrogens with one attached hydrogen (secondary N) is 1. The third-order valence-corrected chi connectivity index (χ3v) is 10.2. The molecule has 8 nitrogen and oxygen atoms in total. The van der Waals surface area contributed by atoms with Gasteiger partial charge in [0.25, 0.3) is 0 Å². The zero-order chi connectivity index (χ0) is 27.0. The first kappa shape index (κ1) is 26.1. The molecule has 1 aliphatic heterocycles. The van der Waals surface area contributed by atoms with Crippen molar-refractivity contribution >= 4 is 31.8 Å². The summed E-state index contributed by atoms with van der Waals surface area (Å²) >= 11 is 0. The van der Waals surface area contributed by atoms with Crippen molar-refractivity contribution in [2.45, 2.75) is 44.4 Å². The van der Waals surface area contributed by atoms with Crippen LogP contribution < -0.4 is 4.74 Å². The van der Waals surface area contributed by atoms with Gasteiger partial charge >= 0.3 is 0 Å². The highest BCUT2D eigenvalue weighted by Crippen LogP contribution is 2.39. The fourth-order valence-electron chi connectivity index (χ4n) is 6.13. The molecular weight excluding hydrogens is 524 g/mol. The van der Waals surface area contributed by atoms with Crippen LogP contribution in [0.5, 0.6) is 5.75 Å². The van der Waals surface area contributed by atoms with Crippen molar-refractivity contribution < 1.29 is 21.9 Å². The van der Waals surface area contributed by atoms with E-state index in [1.54, 1.807) is 22.9 Å². The topological polar surface area (TPSA) is 101 Å². The van der Waals surface area contributed by atoms with Crippen molar-refractivity contribution in [3.05, 3.63) is 60.2 Å². The Balaban J connectivity index is 1.07. The van der Waals surface area contributed by atoms with Crippen LogP contribution in [0.2, 0.25) is 0 Å². The van der Waals surface area contributed by atoms with E-state index in [9.17, 15) is 17.2 Å². The minimum absolute atomic E-state index is 0.0154. The van der Waals surface area contributed by atoms with Crippen LogP contribution in [-0.2, 0) is 10.0 Å². The molecule has 1 unspecified atom stereocenters. The van der Waals surface area contributed by atoms with Gasteiger partial charge in [-0.15, -0.1) is 0 Å². The SMILES string of the molecule is O=S(=O)(CC1CCC(c2[nH]ncc3cnc4nccc4c23)CC1)N1CCCC(COc2ccc(F)cc2F)C1. The van der Waals surface area contributed by atoms with Gasteiger partial charge in [0.05, 0.1) is 18.6 Å². The smallest absolute Gasteiger partial charge is 0.214 e. The summed E-state index contributed by atoms with van der Waals surface area (Å²) in [5.41, 5.74) is 1.79. The van der Waals surface area contributed by atoms with Crippen LogP contribution in [0.3, 0.4) is 0 Å². The van der Waals surface area contributed by atoms with E-state index in [4.69, 9.17) is 4.74 Å². The largest absolute Gasteiger partial charge is 0.490 e. The monoisotopic (exact) mass is 555 g/mol. The van der Waals surface area contributed by atoms with Gasteiger partial charge in [-0.3, -0.25) is 5.10 Å². The molecule has 39 heavy (non-hydrogen) atoms. The number of piperidine rings is 1. The van der Waals surface area contributed by atoms with Gasteiger partial charge < -0.3 is 4.74 Å². The molecule has 1 saturated heterocycles. The molecule has 1 atom stereocenters. The number of aromatic amines is 1. The van der Waals surface area contributed by atoms with E-state index >= 15 is 0 Å². The molecular formula is C28H31F2N5O3S. The lowest BCUT2D eigenvalue weighted by molar-refractivity contribution is 0.175. The molecule has 2 aliphatic rings. The van der Waals surface area contributed by atoms with E-state index < -0.39 is 21.7 Å². The summed E-state index contributed by atoms with van der Waals surface area (Å²) in [5, 5.41) is 10.6. The van der Waals surface area contributed by atoms with E-state index in [1.807, 2.05) is 6.07 Å². The van der Waals surface area contributed by atoms with Crippen molar-refractivity contribution in [3.63, 3.8) is 0 Å². The predicted molar refractivity (Wildman–Crippen MR) is 144 cm³/mol. The Hall–Kier alpha value is -3.18. The summed E-state index contributed by atoms with van der Waals surface area (Å²) in [6.45, 7) is 1.04. The number of hydrogen-bond acceptors (Lipinski definition) is 6. The Kier molecular flexibility index (Phi) is 7.20. The molecule has 1 aliphatic carbocycles. The van der Waals surface area contributed by atoms with Gasteiger partial charge in [0.15, 0.2) is 17.2 Å². The van der Waals surface area contributed by atoms with Crippen molar-refractivity contribution in [2.75, 3.05) is 25.4 Å². The number of aromatic nitrogens is 4. The molecule has 1 N–H and O–H groups in total. The zero-order valence-electron chi connectivity index (χ0n) is 21.5. The van der Waals surface area contributed by atoms with Crippen molar-refractivity contribution in [1.29, 1.82) is 0 Å². The lowest BCUT2D eigenvalue weighted by Gasteiger charge is -2.34. The van der Waals surface area contributed by atoms with Crippen molar-refractivity contribution in [2.24, 2.45) is 11.8 Å². The van der Waals surface area contributed by atoms with Crippen LogP contribution in [-0.4, -0.2) is 58.3 Å². The number of rotatable bonds is 7. The van der Waals surface area contributed by atoms with Crippen LogP contribution in [0.15, 0.2) is 42.9 Å². The van der Waals surface area contributed by atoms with Gasteiger partial charge in [-0.2, -0.15) is 5.10 Å². The molecule has 0 spiro atoms. The normalized spacial score (nSPS) is 22.9. The Morgan fingerprint density at radius 3 is 2.69 bits per heavy atom. The summed E-state index contributed by atoms with van der Waals surface area (Å²) in [4.78, 5) is 8.75. The van der Waals surface area contributed by atoms with Gasteiger partial charge in [-0.25, -0.2) is 31.5 Å². The quantitative estimate of drug-likeness (QED) is 0.337. The van der Waals surface area contributed by atoms with Crippen molar-refractivity contribution in [3.8, 4) is 5.75 Å². The number of hydrogen-bond donors (Lipinski definition) is 1. The lowest BCUT2D eigenvalue weighted by Crippen LogP contribution is -2.43. The fraction of sp³-hybridized carbons (Fsp3) is 0.464. The molecule has 4 heterocycles. The van der Waals surface area contributed by atoms with Gasteiger partial charge in [-0.05, 0) is 62.6 Å².